The number of aryl methyl sites for hydroxylation is 1. The summed E-state index contributed by atoms with van der Waals surface area (Å²) in [7, 11) is 1.71. The molecule has 12 nitrogen and oxygen atoms in total. The molecule has 0 unspecified atom stereocenters. The highest BCUT2D eigenvalue weighted by molar-refractivity contribution is 5.86. The van der Waals surface area contributed by atoms with Crippen LogP contribution in [0.2, 0.25) is 0 Å². The topological polar surface area (TPSA) is 136 Å². The smallest absolute Gasteiger partial charge is 0.223 e. The summed E-state index contributed by atoms with van der Waals surface area (Å²) in [6, 6.07) is 7.08. The number of anilines is 2. The number of aromatic nitrogens is 6. The predicted octanol–water partition coefficient (Wildman–Crippen LogP) is 2.29. The van der Waals surface area contributed by atoms with Crippen molar-refractivity contribution in [2.45, 2.75) is 46.4 Å². The molecule has 1 spiro atoms. The first-order valence-electron chi connectivity index (χ1n) is 13.0. The molecule has 0 atom stereocenters. The maximum atomic E-state index is 5.95. The standard InChI is InChI=1S/C26H34N10O2/c1-16(2)35-14-26(15-35)12-34(13-26)10-18-5-6-19(21(7-18)37-4)11-36-23-20(8-29-36)31-25(27)32-24(23)28-9-22-30-17(3)38-33-22/h5-8,16H,9-15H2,1-4H3,(H3,27,28,31,32). The van der Waals surface area contributed by atoms with Gasteiger partial charge in [-0.25, -0.2) is 4.98 Å². The van der Waals surface area contributed by atoms with Crippen LogP contribution in [-0.4, -0.2) is 79.0 Å². The molecule has 0 amide bonds. The van der Waals surface area contributed by atoms with E-state index in [1.54, 1.807) is 20.2 Å². The van der Waals surface area contributed by atoms with Gasteiger partial charge in [0.1, 0.15) is 16.8 Å². The van der Waals surface area contributed by atoms with E-state index in [0.717, 1.165) is 23.4 Å². The van der Waals surface area contributed by atoms with Gasteiger partial charge < -0.3 is 20.3 Å². The Morgan fingerprint density at radius 3 is 2.66 bits per heavy atom. The number of nitrogens with zero attached hydrogens (tertiary/aromatic N) is 8. The minimum atomic E-state index is 0.164. The summed E-state index contributed by atoms with van der Waals surface area (Å²) in [5.74, 6) is 2.59. The third kappa shape index (κ3) is 4.65. The lowest BCUT2D eigenvalue weighted by Gasteiger charge is -2.61. The van der Waals surface area contributed by atoms with E-state index in [9.17, 15) is 0 Å². The molecule has 6 rings (SSSR count). The fourth-order valence-corrected chi connectivity index (χ4v) is 5.67. The van der Waals surface area contributed by atoms with Crippen LogP contribution in [0.25, 0.3) is 11.0 Å². The third-order valence-electron chi connectivity index (χ3n) is 7.49. The van der Waals surface area contributed by atoms with E-state index in [1.807, 2.05) is 4.68 Å². The Morgan fingerprint density at radius 2 is 1.95 bits per heavy atom. The van der Waals surface area contributed by atoms with Crippen molar-refractivity contribution in [1.29, 1.82) is 0 Å². The van der Waals surface area contributed by atoms with Crippen LogP contribution in [0.15, 0.2) is 28.9 Å². The van der Waals surface area contributed by atoms with Crippen molar-refractivity contribution in [3.8, 4) is 5.75 Å². The zero-order valence-electron chi connectivity index (χ0n) is 22.3. The van der Waals surface area contributed by atoms with E-state index >= 15 is 0 Å². The highest BCUT2D eigenvalue weighted by Gasteiger charge is 2.51. The van der Waals surface area contributed by atoms with Crippen molar-refractivity contribution in [2.24, 2.45) is 5.41 Å². The number of hydrogen-bond donors (Lipinski definition) is 2. The van der Waals surface area contributed by atoms with E-state index in [-0.39, 0.29) is 5.95 Å². The summed E-state index contributed by atoms with van der Waals surface area (Å²) in [6.45, 7) is 12.9. The third-order valence-corrected chi connectivity index (χ3v) is 7.49. The van der Waals surface area contributed by atoms with Crippen molar-refractivity contribution in [2.75, 3.05) is 44.3 Å². The van der Waals surface area contributed by atoms with Crippen LogP contribution in [0.3, 0.4) is 0 Å². The fraction of sp³-hybridized carbons (Fsp3) is 0.500. The molecule has 0 aliphatic carbocycles. The molecule has 0 saturated carbocycles. The molecule has 200 valence electrons. The molecule has 2 fully saturated rings. The first-order chi connectivity index (χ1) is 18.3. The molecule has 1 aromatic carbocycles. The molecule has 3 N–H and O–H groups in total. The number of nitrogens with two attached hydrogens (primary N) is 1. The van der Waals surface area contributed by atoms with Crippen LogP contribution in [0.4, 0.5) is 11.8 Å². The Hall–Kier alpha value is -3.77. The first-order valence-corrected chi connectivity index (χ1v) is 13.0. The van der Waals surface area contributed by atoms with Crippen LogP contribution in [0.1, 0.15) is 36.7 Å². The summed E-state index contributed by atoms with van der Waals surface area (Å²) in [5.41, 5.74) is 10.1. The molecule has 2 aliphatic rings. The lowest BCUT2D eigenvalue weighted by Crippen LogP contribution is -2.72. The van der Waals surface area contributed by atoms with E-state index in [2.05, 4.69) is 72.4 Å². The number of nitrogen functional groups attached to an aromatic ring is 1. The van der Waals surface area contributed by atoms with Gasteiger partial charge in [0.15, 0.2) is 11.6 Å². The predicted molar refractivity (Wildman–Crippen MR) is 143 cm³/mol. The van der Waals surface area contributed by atoms with Gasteiger partial charge in [-0.1, -0.05) is 17.3 Å². The lowest BCUT2D eigenvalue weighted by atomic mass is 9.72. The summed E-state index contributed by atoms with van der Waals surface area (Å²) >= 11 is 0. The van der Waals surface area contributed by atoms with Crippen molar-refractivity contribution >= 4 is 22.8 Å². The van der Waals surface area contributed by atoms with Gasteiger partial charge in [0.05, 0.1) is 26.4 Å². The molecular weight excluding hydrogens is 484 g/mol. The second-order valence-electron chi connectivity index (χ2n) is 10.8. The van der Waals surface area contributed by atoms with Crippen molar-refractivity contribution < 1.29 is 9.26 Å². The number of ether oxygens (including phenoxy) is 1. The second-order valence-corrected chi connectivity index (χ2v) is 10.8. The van der Waals surface area contributed by atoms with E-state index in [4.69, 9.17) is 15.0 Å². The monoisotopic (exact) mass is 518 g/mol. The van der Waals surface area contributed by atoms with Gasteiger partial charge >= 0.3 is 0 Å². The van der Waals surface area contributed by atoms with Crippen molar-refractivity contribution in [3.63, 3.8) is 0 Å². The van der Waals surface area contributed by atoms with E-state index in [1.165, 1.54) is 31.7 Å². The summed E-state index contributed by atoms with van der Waals surface area (Å²) in [5, 5.41) is 11.8. The zero-order chi connectivity index (χ0) is 26.4. The molecule has 2 saturated heterocycles. The molecule has 5 heterocycles. The van der Waals surface area contributed by atoms with Crippen LogP contribution >= 0.6 is 0 Å². The second kappa shape index (κ2) is 9.52. The maximum Gasteiger partial charge on any atom is 0.223 e. The number of likely N-dealkylation sites (tertiary alicyclic amines) is 2. The van der Waals surface area contributed by atoms with Gasteiger partial charge in [0.25, 0.3) is 0 Å². The first kappa shape index (κ1) is 24.6. The molecule has 12 heteroatoms. The summed E-state index contributed by atoms with van der Waals surface area (Å²) in [4.78, 5) is 18.1. The Balaban J connectivity index is 1.16. The molecule has 2 aliphatic heterocycles. The number of rotatable bonds is 9. The molecule has 3 aromatic heterocycles. The van der Waals surface area contributed by atoms with E-state index in [0.29, 0.717) is 47.6 Å². The number of methoxy groups -OCH3 is 1. The van der Waals surface area contributed by atoms with Crippen LogP contribution in [-0.2, 0) is 19.6 Å². The molecule has 38 heavy (non-hydrogen) atoms. The van der Waals surface area contributed by atoms with Gasteiger partial charge in [0, 0.05) is 56.7 Å². The van der Waals surface area contributed by atoms with Gasteiger partial charge in [-0.2, -0.15) is 15.1 Å². The Kier molecular flexibility index (Phi) is 6.15. The average Bonchev–Trinajstić information content (AvgIpc) is 3.44. The van der Waals surface area contributed by atoms with Gasteiger partial charge in [-0.15, -0.1) is 0 Å². The quantitative estimate of drug-likeness (QED) is 0.338. The SMILES string of the molecule is COc1cc(CN2CC3(C2)CN(C(C)C)C3)ccc1Cn1ncc2nc(N)nc(NCc3noc(C)n3)c21. The summed E-state index contributed by atoms with van der Waals surface area (Å²) < 4.78 is 12.7. The van der Waals surface area contributed by atoms with Gasteiger partial charge in [-0.05, 0) is 25.5 Å². The molecule has 4 aromatic rings. The number of fused-ring (bicyclic) bond motifs is 1. The van der Waals surface area contributed by atoms with Gasteiger partial charge in [-0.3, -0.25) is 14.5 Å². The van der Waals surface area contributed by atoms with Crippen molar-refractivity contribution in [3.05, 3.63) is 47.2 Å². The highest BCUT2D eigenvalue weighted by atomic mass is 16.5. The van der Waals surface area contributed by atoms with Gasteiger partial charge in [0.2, 0.25) is 11.8 Å². The highest BCUT2D eigenvalue weighted by Crippen LogP contribution is 2.41. The van der Waals surface area contributed by atoms with Crippen LogP contribution in [0.5, 0.6) is 5.75 Å². The minimum Gasteiger partial charge on any atom is -0.496 e. The number of hydrogen-bond acceptors (Lipinski definition) is 11. The Labute approximate surface area is 221 Å². The van der Waals surface area contributed by atoms with Crippen LogP contribution in [0, 0.1) is 12.3 Å². The fourth-order valence-electron chi connectivity index (χ4n) is 5.67. The normalized spacial score (nSPS) is 17.2. The minimum absolute atomic E-state index is 0.164. The average molecular weight is 519 g/mol. The largest absolute Gasteiger partial charge is 0.496 e. The zero-order valence-corrected chi connectivity index (χ0v) is 22.3. The van der Waals surface area contributed by atoms with Crippen LogP contribution < -0.4 is 15.8 Å². The number of nitrogens with one attached hydrogen (secondary N) is 1. The van der Waals surface area contributed by atoms with E-state index < -0.39 is 0 Å². The Morgan fingerprint density at radius 1 is 1.13 bits per heavy atom. The molecule has 0 radical (unpaired) electrons. The van der Waals surface area contributed by atoms with Crippen molar-refractivity contribution in [1.82, 2.24) is 39.7 Å². The number of benzene rings is 1. The molecular formula is C26H34N10O2. The molecule has 0 bridgehead atoms. The summed E-state index contributed by atoms with van der Waals surface area (Å²) in [6.07, 6.45) is 1.69. The maximum absolute atomic E-state index is 5.95. The Bertz CT molecular complexity index is 1450. The lowest BCUT2D eigenvalue weighted by molar-refractivity contribution is -0.128.